The van der Waals surface area contributed by atoms with Crippen molar-refractivity contribution < 1.29 is 9.59 Å². The van der Waals surface area contributed by atoms with Crippen LogP contribution in [0.3, 0.4) is 0 Å². The smallest absolute Gasteiger partial charge is 0.293 e. The molecule has 1 fully saturated rings. The molecule has 3 aromatic carbocycles. The third kappa shape index (κ3) is 4.37. The molecule has 4 aromatic rings. The second-order valence-corrected chi connectivity index (χ2v) is 9.47. The molecule has 164 valence electrons. The lowest BCUT2D eigenvalue weighted by molar-refractivity contribution is -0.123. The monoisotopic (exact) mass is 452 g/mol. The average molecular weight is 453 g/mol. The zero-order valence-electron chi connectivity index (χ0n) is 18.6. The summed E-state index contributed by atoms with van der Waals surface area (Å²) in [5.74, 6) is -0.234. The third-order valence-corrected chi connectivity index (χ3v) is 6.78. The number of nitrogens with zero attached hydrogens (tertiary/aromatic N) is 2. The molecule has 2 heterocycles. The van der Waals surface area contributed by atoms with Crippen molar-refractivity contribution in [2.24, 2.45) is 0 Å². The average Bonchev–Trinajstić information content (AvgIpc) is 3.28. The summed E-state index contributed by atoms with van der Waals surface area (Å²) in [5.41, 5.74) is 6.55. The topological polar surface area (TPSA) is 42.3 Å². The first-order valence-corrected chi connectivity index (χ1v) is 11.7. The number of rotatable bonds is 5. The standard InChI is InChI=1S/C28H24N2O2S/c1-19-10-12-21(13-11-19)16-29-18-23(24-8-3-4-9-25(24)29)15-26-27(31)30(28(32)33-26)17-22-7-5-6-20(2)14-22/h3-15,18H,16-17H2,1-2H3/b26-15-. The van der Waals surface area contributed by atoms with Crippen molar-refractivity contribution >= 4 is 39.9 Å². The van der Waals surface area contributed by atoms with Crippen molar-refractivity contribution in [3.63, 3.8) is 0 Å². The van der Waals surface area contributed by atoms with E-state index in [0.717, 1.165) is 45.9 Å². The molecule has 0 aliphatic carbocycles. The molecule has 0 N–H and O–H groups in total. The predicted octanol–water partition coefficient (Wildman–Crippen LogP) is 6.54. The van der Waals surface area contributed by atoms with E-state index in [2.05, 4.69) is 54.1 Å². The van der Waals surface area contributed by atoms with Crippen LogP contribution in [0.5, 0.6) is 0 Å². The molecule has 0 atom stereocenters. The van der Waals surface area contributed by atoms with E-state index in [9.17, 15) is 9.59 Å². The summed E-state index contributed by atoms with van der Waals surface area (Å²) in [6.45, 7) is 5.12. The van der Waals surface area contributed by atoms with E-state index in [0.29, 0.717) is 11.4 Å². The first kappa shape index (κ1) is 21.3. The number of thioether (sulfide) groups is 1. The summed E-state index contributed by atoms with van der Waals surface area (Å²) in [5, 5.41) is 0.839. The number of imide groups is 1. The van der Waals surface area contributed by atoms with Crippen molar-refractivity contribution in [2.75, 3.05) is 0 Å². The van der Waals surface area contributed by atoms with Crippen LogP contribution in [0.1, 0.15) is 27.8 Å². The summed E-state index contributed by atoms with van der Waals surface area (Å²) in [4.78, 5) is 27.5. The van der Waals surface area contributed by atoms with Crippen molar-refractivity contribution in [1.29, 1.82) is 0 Å². The molecule has 0 bridgehead atoms. The van der Waals surface area contributed by atoms with Crippen LogP contribution in [0, 0.1) is 13.8 Å². The number of amides is 2. The van der Waals surface area contributed by atoms with E-state index in [4.69, 9.17) is 0 Å². The maximum atomic E-state index is 13.1. The summed E-state index contributed by atoms with van der Waals surface area (Å²) >= 11 is 1.01. The maximum Gasteiger partial charge on any atom is 0.293 e. The first-order valence-electron chi connectivity index (χ1n) is 10.9. The Labute approximate surface area is 197 Å². The minimum atomic E-state index is -0.234. The lowest BCUT2D eigenvalue weighted by Crippen LogP contribution is -2.27. The lowest BCUT2D eigenvalue weighted by Gasteiger charge is -2.12. The Morgan fingerprint density at radius 3 is 2.39 bits per heavy atom. The van der Waals surface area contributed by atoms with Gasteiger partial charge in [-0.1, -0.05) is 77.9 Å². The summed E-state index contributed by atoms with van der Waals surface area (Å²) < 4.78 is 2.20. The predicted molar refractivity (Wildman–Crippen MR) is 135 cm³/mol. The van der Waals surface area contributed by atoms with Crippen LogP contribution in [0.15, 0.2) is 83.9 Å². The van der Waals surface area contributed by atoms with E-state index in [-0.39, 0.29) is 11.1 Å². The first-order chi connectivity index (χ1) is 16.0. The highest BCUT2D eigenvalue weighted by Crippen LogP contribution is 2.35. The Morgan fingerprint density at radius 1 is 0.818 bits per heavy atom. The second kappa shape index (κ2) is 8.75. The minimum Gasteiger partial charge on any atom is -0.342 e. The van der Waals surface area contributed by atoms with Gasteiger partial charge in [0.05, 0.1) is 11.4 Å². The van der Waals surface area contributed by atoms with Crippen molar-refractivity contribution in [1.82, 2.24) is 9.47 Å². The quantitative estimate of drug-likeness (QED) is 0.323. The fourth-order valence-corrected chi connectivity index (χ4v) is 5.01. The van der Waals surface area contributed by atoms with Crippen LogP contribution in [0.25, 0.3) is 17.0 Å². The van der Waals surface area contributed by atoms with Crippen molar-refractivity contribution in [3.05, 3.63) is 112 Å². The molecule has 5 rings (SSSR count). The number of aryl methyl sites for hydroxylation is 2. The molecule has 0 saturated carbocycles. The van der Waals surface area contributed by atoms with Gasteiger partial charge in [0.2, 0.25) is 0 Å². The van der Waals surface area contributed by atoms with Gasteiger partial charge < -0.3 is 4.57 Å². The van der Waals surface area contributed by atoms with Gasteiger partial charge in [-0.25, -0.2) is 0 Å². The normalized spacial score (nSPS) is 15.2. The SMILES string of the molecule is Cc1ccc(Cn2cc(/C=C3\SC(=O)N(Cc4cccc(C)c4)C3=O)c3ccccc32)cc1. The molecule has 33 heavy (non-hydrogen) atoms. The molecule has 1 aromatic heterocycles. The molecule has 5 heteroatoms. The Hall–Kier alpha value is -3.57. The van der Waals surface area contributed by atoms with Crippen LogP contribution in [-0.4, -0.2) is 20.6 Å². The zero-order valence-corrected chi connectivity index (χ0v) is 19.4. The Kier molecular flexibility index (Phi) is 5.65. The zero-order chi connectivity index (χ0) is 22.9. The molecule has 1 aliphatic heterocycles. The molecule has 2 amide bonds. The molecule has 0 spiro atoms. The molecule has 1 aliphatic rings. The molecular weight excluding hydrogens is 428 g/mol. The molecule has 1 saturated heterocycles. The van der Waals surface area contributed by atoms with Crippen LogP contribution in [-0.2, 0) is 17.9 Å². The van der Waals surface area contributed by atoms with Crippen LogP contribution < -0.4 is 0 Å². The fourth-order valence-electron chi connectivity index (χ4n) is 4.18. The van der Waals surface area contributed by atoms with E-state index in [1.165, 1.54) is 16.0 Å². The van der Waals surface area contributed by atoms with Gasteiger partial charge in [0.1, 0.15) is 0 Å². The van der Waals surface area contributed by atoms with Crippen molar-refractivity contribution in [3.8, 4) is 0 Å². The summed E-state index contributed by atoms with van der Waals surface area (Å²) in [6, 6.07) is 24.6. The Bertz CT molecular complexity index is 1400. The van der Waals surface area contributed by atoms with Crippen molar-refractivity contribution in [2.45, 2.75) is 26.9 Å². The largest absolute Gasteiger partial charge is 0.342 e. The number of hydrogen-bond donors (Lipinski definition) is 0. The second-order valence-electron chi connectivity index (χ2n) is 8.47. The number of carbonyl (C=O) groups excluding carboxylic acids is 2. The van der Waals surface area contributed by atoms with E-state index >= 15 is 0 Å². The van der Waals surface area contributed by atoms with E-state index < -0.39 is 0 Å². The maximum absolute atomic E-state index is 13.1. The number of aromatic nitrogens is 1. The Balaban J connectivity index is 1.45. The van der Waals surface area contributed by atoms with E-state index in [1.54, 1.807) is 0 Å². The van der Waals surface area contributed by atoms with Gasteiger partial charge in [-0.3, -0.25) is 14.5 Å². The Morgan fingerprint density at radius 2 is 1.61 bits per heavy atom. The highest BCUT2D eigenvalue weighted by atomic mass is 32.2. The minimum absolute atomic E-state index is 0.226. The van der Waals surface area contributed by atoms with E-state index in [1.807, 2.05) is 49.4 Å². The number of para-hydroxylation sites is 1. The number of fused-ring (bicyclic) bond motifs is 1. The highest BCUT2D eigenvalue weighted by Gasteiger charge is 2.35. The van der Waals surface area contributed by atoms with Gasteiger partial charge in [-0.05, 0) is 48.9 Å². The van der Waals surface area contributed by atoms with Gasteiger partial charge in [0.15, 0.2) is 0 Å². The van der Waals surface area contributed by atoms with Crippen LogP contribution >= 0.6 is 11.8 Å². The van der Waals surface area contributed by atoms with Crippen LogP contribution in [0.4, 0.5) is 4.79 Å². The van der Waals surface area contributed by atoms with Gasteiger partial charge in [0, 0.05) is 29.2 Å². The fraction of sp³-hybridized carbons (Fsp3) is 0.143. The summed E-state index contributed by atoms with van der Waals surface area (Å²) in [6.07, 6.45) is 3.92. The molecular formula is C28H24N2O2S. The number of carbonyl (C=O) groups is 2. The van der Waals surface area contributed by atoms with Crippen LogP contribution in [0.2, 0.25) is 0 Å². The highest BCUT2D eigenvalue weighted by molar-refractivity contribution is 8.18. The van der Waals surface area contributed by atoms with Gasteiger partial charge in [0.25, 0.3) is 11.1 Å². The van der Waals surface area contributed by atoms with Gasteiger partial charge >= 0.3 is 0 Å². The number of hydrogen-bond acceptors (Lipinski definition) is 3. The summed E-state index contributed by atoms with van der Waals surface area (Å²) in [7, 11) is 0. The number of benzene rings is 3. The van der Waals surface area contributed by atoms with Gasteiger partial charge in [-0.15, -0.1) is 0 Å². The molecule has 4 nitrogen and oxygen atoms in total. The van der Waals surface area contributed by atoms with Gasteiger partial charge in [-0.2, -0.15) is 0 Å². The lowest BCUT2D eigenvalue weighted by atomic mass is 10.1. The molecule has 0 unspecified atom stereocenters. The third-order valence-electron chi connectivity index (χ3n) is 5.88. The molecule has 0 radical (unpaired) electrons.